The van der Waals surface area contributed by atoms with E-state index < -0.39 is 35.0 Å². The first-order chi connectivity index (χ1) is 14.7. The number of oxime groups is 1. The number of alkyl halides is 3. The van der Waals surface area contributed by atoms with Crippen LogP contribution in [0.15, 0.2) is 59.8 Å². The molecule has 0 amide bonds. The minimum absolute atomic E-state index is 0.0328. The van der Waals surface area contributed by atoms with Crippen LogP contribution in [0.1, 0.15) is 27.9 Å². The van der Waals surface area contributed by atoms with Crippen molar-refractivity contribution in [2.75, 3.05) is 7.11 Å². The smallest absolute Gasteiger partial charge is 0.435 e. The Balaban J connectivity index is 1.82. The fourth-order valence-electron chi connectivity index (χ4n) is 3.63. The van der Waals surface area contributed by atoms with E-state index in [9.17, 15) is 22.4 Å². The lowest BCUT2D eigenvalue weighted by Crippen LogP contribution is -2.42. The second-order valence-electron chi connectivity index (χ2n) is 6.96. The highest BCUT2D eigenvalue weighted by Crippen LogP contribution is 2.49. The Kier molecular flexibility index (Phi) is 5.13. The van der Waals surface area contributed by atoms with Gasteiger partial charge in [0, 0.05) is 17.5 Å². The second-order valence-corrected chi connectivity index (χ2v) is 7.36. The molecule has 31 heavy (non-hydrogen) atoms. The van der Waals surface area contributed by atoms with Gasteiger partial charge in [-0.15, -0.1) is 0 Å². The van der Waals surface area contributed by atoms with Gasteiger partial charge in [-0.25, -0.2) is 9.18 Å². The van der Waals surface area contributed by atoms with Crippen LogP contribution in [-0.4, -0.2) is 25.0 Å². The van der Waals surface area contributed by atoms with Gasteiger partial charge < -0.3 is 9.57 Å². The standard InChI is InChI=1S/C22H14ClF4NO3/c1-30-20(29)16-8-7-15(13-4-2-3-5-14(13)16)19-11-21(31-28-19,22(25,26)27)12-6-9-18(24)17(23)10-12/h2-10H,11H2,1H3. The van der Waals surface area contributed by atoms with Crippen molar-refractivity contribution in [1.29, 1.82) is 0 Å². The fraction of sp³-hybridized carbons (Fsp3) is 0.182. The highest BCUT2D eigenvalue weighted by Gasteiger charge is 2.62. The molecule has 1 aliphatic rings. The van der Waals surface area contributed by atoms with Gasteiger partial charge in [-0.05, 0) is 29.0 Å². The Bertz CT molecular complexity index is 1230. The number of ether oxygens (including phenoxy) is 1. The number of carbonyl (C=O) groups is 1. The summed E-state index contributed by atoms with van der Waals surface area (Å²) in [4.78, 5) is 17.1. The number of methoxy groups -OCH3 is 1. The molecule has 0 aromatic heterocycles. The number of nitrogens with zero attached hydrogens (tertiary/aromatic N) is 1. The van der Waals surface area contributed by atoms with Gasteiger partial charge in [-0.1, -0.05) is 53.2 Å². The van der Waals surface area contributed by atoms with E-state index in [0.29, 0.717) is 16.3 Å². The van der Waals surface area contributed by atoms with E-state index in [1.54, 1.807) is 24.3 Å². The molecular weight excluding hydrogens is 438 g/mol. The van der Waals surface area contributed by atoms with Gasteiger partial charge in [0.05, 0.1) is 23.4 Å². The normalized spacial score (nSPS) is 18.6. The van der Waals surface area contributed by atoms with E-state index >= 15 is 0 Å². The van der Waals surface area contributed by atoms with Gasteiger partial charge >= 0.3 is 12.1 Å². The van der Waals surface area contributed by atoms with Gasteiger partial charge in [-0.3, -0.25) is 0 Å². The average Bonchev–Trinajstić information content (AvgIpc) is 3.21. The Labute approximate surface area is 179 Å². The van der Waals surface area contributed by atoms with E-state index in [1.807, 2.05) is 0 Å². The van der Waals surface area contributed by atoms with Gasteiger partial charge in [0.15, 0.2) is 0 Å². The zero-order valence-electron chi connectivity index (χ0n) is 16.0. The Morgan fingerprint density at radius 2 is 1.84 bits per heavy atom. The summed E-state index contributed by atoms with van der Waals surface area (Å²) in [6.07, 6.45) is -5.51. The van der Waals surface area contributed by atoms with Gasteiger partial charge in [-0.2, -0.15) is 13.2 Å². The molecule has 1 heterocycles. The van der Waals surface area contributed by atoms with E-state index in [1.165, 1.54) is 19.2 Å². The number of benzene rings is 3. The van der Waals surface area contributed by atoms with Crippen LogP contribution in [0.25, 0.3) is 10.8 Å². The van der Waals surface area contributed by atoms with Gasteiger partial charge in [0.1, 0.15) is 5.82 Å². The van der Waals surface area contributed by atoms with E-state index in [4.69, 9.17) is 21.2 Å². The topological polar surface area (TPSA) is 47.9 Å². The van der Waals surface area contributed by atoms with Crippen LogP contribution in [0.2, 0.25) is 5.02 Å². The van der Waals surface area contributed by atoms with Crippen molar-refractivity contribution < 1.29 is 31.9 Å². The highest BCUT2D eigenvalue weighted by molar-refractivity contribution is 6.30. The molecule has 4 nitrogen and oxygen atoms in total. The highest BCUT2D eigenvalue weighted by atomic mass is 35.5. The maximum Gasteiger partial charge on any atom is 0.435 e. The summed E-state index contributed by atoms with van der Waals surface area (Å²) in [5.74, 6) is -1.41. The first kappa shape index (κ1) is 21.1. The van der Waals surface area contributed by atoms with Crippen molar-refractivity contribution in [2.45, 2.75) is 18.2 Å². The van der Waals surface area contributed by atoms with Crippen molar-refractivity contribution in [3.05, 3.63) is 82.1 Å². The molecule has 0 radical (unpaired) electrons. The summed E-state index contributed by atoms with van der Waals surface area (Å²) in [5.41, 5.74) is -2.50. The maximum absolute atomic E-state index is 14.2. The number of hydrogen-bond acceptors (Lipinski definition) is 4. The first-order valence-corrected chi connectivity index (χ1v) is 9.43. The maximum atomic E-state index is 14.2. The van der Waals surface area contributed by atoms with Crippen LogP contribution < -0.4 is 0 Å². The van der Waals surface area contributed by atoms with Crippen molar-refractivity contribution >= 4 is 34.1 Å². The predicted octanol–water partition coefficient (Wildman–Crippen LogP) is 6.00. The minimum atomic E-state index is -4.86. The summed E-state index contributed by atoms with van der Waals surface area (Å²) in [5, 5.41) is 4.31. The number of carbonyl (C=O) groups excluding carboxylic acids is 1. The molecular formula is C22H14ClF4NO3. The van der Waals surface area contributed by atoms with Crippen LogP contribution in [0, 0.1) is 5.82 Å². The zero-order valence-corrected chi connectivity index (χ0v) is 16.7. The lowest BCUT2D eigenvalue weighted by Gasteiger charge is -2.29. The molecule has 0 bridgehead atoms. The zero-order chi connectivity index (χ0) is 22.4. The summed E-state index contributed by atoms with van der Waals surface area (Å²) in [6.45, 7) is 0. The molecule has 0 saturated heterocycles. The van der Waals surface area contributed by atoms with Crippen molar-refractivity contribution in [3.63, 3.8) is 0 Å². The molecule has 1 atom stereocenters. The molecule has 1 aliphatic heterocycles. The Morgan fingerprint density at radius 1 is 1.13 bits per heavy atom. The SMILES string of the molecule is COC(=O)c1ccc(C2=NOC(c3ccc(F)c(Cl)c3)(C(F)(F)F)C2)c2ccccc12. The van der Waals surface area contributed by atoms with Gasteiger partial charge in [0.25, 0.3) is 5.60 Å². The van der Waals surface area contributed by atoms with E-state index in [2.05, 4.69) is 5.16 Å². The molecule has 0 saturated carbocycles. The first-order valence-electron chi connectivity index (χ1n) is 9.05. The van der Waals surface area contributed by atoms with E-state index in [0.717, 1.165) is 18.2 Å². The quantitative estimate of drug-likeness (QED) is 0.362. The monoisotopic (exact) mass is 451 g/mol. The summed E-state index contributed by atoms with van der Waals surface area (Å²) in [7, 11) is 1.24. The van der Waals surface area contributed by atoms with Crippen LogP contribution in [0.4, 0.5) is 17.6 Å². The molecule has 0 fully saturated rings. The molecule has 9 heteroatoms. The Hall–Kier alpha value is -3.13. The van der Waals surface area contributed by atoms with Crippen molar-refractivity contribution in [3.8, 4) is 0 Å². The molecule has 0 N–H and O–H groups in total. The second kappa shape index (κ2) is 7.53. The third-order valence-electron chi connectivity index (χ3n) is 5.21. The Morgan fingerprint density at radius 3 is 2.48 bits per heavy atom. The molecule has 160 valence electrons. The van der Waals surface area contributed by atoms with Crippen molar-refractivity contribution in [1.82, 2.24) is 0 Å². The fourth-order valence-corrected chi connectivity index (χ4v) is 3.81. The number of fused-ring (bicyclic) bond motifs is 1. The molecule has 0 aliphatic carbocycles. The predicted molar refractivity (Wildman–Crippen MR) is 107 cm³/mol. The van der Waals surface area contributed by atoms with Crippen LogP contribution in [-0.2, 0) is 15.2 Å². The number of rotatable bonds is 3. The molecule has 1 unspecified atom stereocenters. The van der Waals surface area contributed by atoms with Crippen molar-refractivity contribution in [2.24, 2.45) is 5.16 Å². The van der Waals surface area contributed by atoms with E-state index in [-0.39, 0.29) is 16.8 Å². The summed E-state index contributed by atoms with van der Waals surface area (Å²) >= 11 is 5.72. The molecule has 3 aromatic rings. The summed E-state index contributed by atoms with van der Waals surface area (Å²) < 4.78 is 60.8. The minimum Gasteiger partial charge on any atom is -0.465 e. The van der Waals surface area contributed by atoms with Gasteiger partial charge in [0.2, 0.25) is 0 Å². The average molecular weight is 452 g/mol. The molecule has 4 rings (SSSR count). The van der Waals surface area contributed by atoms with Crippen LogP contribution >= 0.6 is 11.6 Å². The lowest BCUT2D eigenvalue weighted by atomic mass is 9.85. The third-order valence-corrected chi connectivity index (χ3v) is 5.50. The molecule has 0 spiro atoms. The van der Waals surface area contributed by atoms with Crippen LogP contribution in [0.5, 0.6) is 0 Å². The largest absolute Gasteiger partial charge is 0.465 e. The number of hydrogen-bond donors (Lipinski definition) is 0. The van der Waals surface area contributed by atoms with Crippen LogP contribution in [0.3, 0.4) is 0 Å². The summed E-state index contributed by atoms with van der Waals surface area (Å²) in [6, 6.07) is 12.4. The lowest BCUT2D eigenvalue weighted by molar-refractivity contribution is -0.275. The number of halogens is 5. The number of esters is 1. The third kappa shape index (κ3) is 3.40. The molecule has 3 aromatic carbocycles.